The maximum Gasteiger partial charge on any atom is 0.246 e. The van der Waals surface area contributed by atoms with Crippen molar-refractivity contribution in [3.63, 3.8) is 0 Å². The van der Waals surface area contributed by atoms with E-state index in [0.717, 1.165) is 17.0 Å². The third-order valence-corrected chi connectivity index (χ3v) is 3.08. The Labute approximate surface area is 124 Å². The summed E-state index contributed by atoms with van der Waals surface area (Å²) in [6, 6.07) is 13.2. The van der Waals surface area contributed by atoms with Gasteiger partial charge in [-0.3, -0.25) is 9.78 Å². The predicted molar refractivity (Wildman–Crippen MR) is 85.3 cm³/mol. The number of anilines is 1. The molecule has 2 N–H and O–H groups in total. The molecule has 1 aromatic heterocycles. The number of pyridine rings is 1. The van der Waals surface area contributed by atoms with Gasteiger partial charge in [0.05, 0.1) is 12.2 Å². The van der Waals surface area contributed by atoms with E-state index in [1.807, 2.05) is 49.4 Å². The molecule has 1 aromatic carbocycles. The third kappa shape index (κ3) is 4.45. The van der Waals surface area contributed by atoms with Crippen molar-refractivity contribution in [1.29, 1.82) is 0 Å². The van der Waals surface area contributed by atoms with Gasteiger partial charge in [-0.05, 0) is 42.8 Å². The summed E-state index contributed by atoms with van der Waals surface area (Å²) in [4.78, 5) is 18.1. The van der Waals surface area contributed by atoms with Crippen molar-refractivity contribution in [2.45, 2.75) is 13.5 Å². The number of nitrogens with zero attached hydrogens (tertiary/aromatic N) is 2. The van der Waals surface area contributed by atoms with Gasteiger partial charge < -0.3 is 10.6 Å². The van der Waals surface area contributed by atoms with Gasteiger partial charge in [-0.1, -0.05) is 18.2 Å². The van der Waals surface area contributed by atoms with Gasteiger partial charge in [0.1, 0.15) is 0 Å². The molecule has 0 saturated heterocycles. The van der Waals surface area contributed by atoms with Crippen LogP contribution >= 0.6 is 0 Å². The zero-order valence-corrected chi connectivity index (χ0v) is 12.3. The number of carbonyl (C=O) groups is 1. The zero-order chi connectivity index (χ0) is 15.2. The number of likely N-dealkylation sites (N-methyl/N-ethyl adjacent to an activating group) is 1. The van der Waals surface area contributed by atoms with Crippen molar-refractivity contribution < 1.29 is 4.79 Å². The largest absolute Gasteiger partial charge is 0.399 e. The fourth-order valence-electron chi connectivity index (χ4n) is 1.91. The Morgan fingerprint density at radius 2 is 1.95 bits per heavy atom. The van der Waals surface area contributed by atoms with Crippen molar-refractivity contribution in [1.82, 2.24) is 9.88 Å². The number of aromatic nitrogens is 1. The molecule has 2 rings (SSSR count). The second-order valence-corrected chi connectivity index (χ2v) is 4.96. The Kier molecular flexibility index (Phi) is 4.72. The normalized spacial score (nSPS) is 10.8. The van der Waals surface area contributed by atoms with E-state index in [-0.39, 0.29) is 5.91 Å². The van der Waals surface area contributed by atoms with Gasteiger partial charge in [0, 0.05) is 24.5 Å². The number of nitrogen functional groups attached to an aromatic ring is 1. The van der Waals surface area contributed by atoms with E-state index in [1.165, 1.54) is 0 Å². The van der Waals surface area contributed by atoms with Crippen molar-refractivity contribution in [2.75, 3.05) is 12.8 Å². The topological polar surface area (TPSA) is 59.2 Å². The lowest BCUT2D eigenvalue weighted by atomic mass is 10.2. The van der Waals surface area contributed by atoms with Crippen molar-refractivity contribution >= 4 is 17.7 Å². The summed E-state index contributed by atoms with van der Waals surface area (Å²) < 4.78 is 0. The highest BCUT2D eigenvalue weighted by Gasteiger charge is 2.06. The number of rotatable bonds is 4. The first-order valence-electron chi connectivity index (χ1n) is 6.76. The van der Waals surface area contributed by atoms with E-state index < -0.39 is 0 Å². The monoisotopic (exact) mass is 281 g/mol. The summed E-state index contributed by atoms with van der Waals surface area (Å²) in [5.74, 6) is -0.0601. The Hall–Kier alpha value is -2.62. The molecule has 1 heterocycles. The molecule has 0 saturated carbocycles. The van der Waals surface area contributed by atoms with Crippen LogP contribution in [-0.4, -0.2) is 22.8 Å². The minimum absolute atomic E-state index is 0.0601. The molecule has 0 aliphatic rings. The summed E-state index contributed by atoms with van der Waals surface area (Å²) in [6.45, 7) is 2.43. The fraction of sp³-hybridized carbons (Fsp3) is 0.176. The first kappa shape index (κ1) is 14.8. The minimum Gasteiger partial charge on any atom is -0.399 e. The first-order chi connectivity index (χ1) is 10.0. The highest BCUT2D eigenvalue weighted by molar-refractivity contribution is 5.91. The highest BCUT2D eigenvalue weighted by atomic mass is 16.2. The lowest BCUT2D eigenvalue weighted by Gasteiger charge is -2.14. The van der Waals surface area contributed by atoms with Crippen molar-refractivity contribution in [2.24, 2.45) is 0 Å². The average Bonchev–Trinajstić information content (AvgIpc) is 2.46. The molecule has 0 spiro atoms. The minimum atomic E-state index is -0.0601. The molecule has 0 aliphatic carbocycles. The number of aryl methyl sites for hydroxylation is 1. The Bertz CT molecular complexity index is 647. The number of carbonyl (C=O) groups excluding carboxylic acids is 1. The quantitative estimate of drug-likeness (QED) is 0.692. The molecule has 0 atom stereocenters. The molecule has 1 amide bonds. The highest BCUT2D eigenvalue weighted by Crippen LogP contribution is 2.08. The standard InChI is InChI=1S/C17H19N3O/c1-13-4-3-5-16(19-13)12-20(2)17(21)11-8-14-6-9-15(18)10-7-14/h3-11H,12,18H2,1-2H3/b11-8+. The Balaban J connectivity index is 1.97. The maximum absolute atomic E-state index is 12.1. The Morgan fingerprint density at radius 1 is 1.24 bits per heavy atom. The van der Waals surface area contributed by atoms with Crippen LogP contribution in [0.4, 0.5) is 5.69 Å². The summed E-state index contributed by atoms with van der Waals surface area (Å²) in [5, 5.41) is 0. The second kappa shape index (κ2) is 6.70. The number of amides is 1. The molecule has 0 unspecified atom stereocenters. The van der Waals surface area contributed by atoms with E-state index in [1.54, 1.807) is 24.1 Å². The molecule has 21 heavy (non-hydrogen) atoms. The van der Waals surface area contributed by atoms with Gasteiger partial charge >= 0.3 is 0 Å². The lowest BCUT2D eigenvalue weighted by Crippen LogP contribution is -2.24. The molecule has 108 valence electrons. The van der Waals surface area contributed by atoms with Crippen LogP contribution in [0.2, 0.25) is 0 Å². The van der Waals surface area contributed by atoms with E-state index in [2.05, 4.69) is 4.98 Å². The van der Waals surface area contributed by atoms with Crippen LogP contribution in [0.15, 0.2) is 48.5 Å². The smallest absolute Gasteiger partial charge is 0.246 e. The molecule has 0 radical (unpaired) electrons. The molecule has 4 nitrogen and oxygen atoms in total. The summed E-state index contributed by atoms with van der Waals surface area (Å²) in [6.07, 6.45) is 3.34. The van der Waals surface area contributed by atoms with Crippen LogP contribution in [0.1, 0.15) is 17.0 Å². The second-order valence-electron chi connectivity index (χ2n) is 4.96. The number of benzene rings is 1. The van der Waals surface area contributed by atoms with Gasteiger partial charge in [0.25, 0.3) is 0 Å². The molecule has 0 aliphatic heterocycles. The number of hydrogen-bond acceptors (Lipinski definition) is 3. The van der Waals surface area contributed by atoms with Crippen molar-refractivity contribution in [3.8, 4) is 0 Å². The molecular formula is C17H19N3O. The zero-order valence-electron chi connectivity index (χ0n) is 12.3. The molecule has 0 bridgehead atoms. The lowest BCUT2D eigenvalue weighted by molar-refractivity contribution is -0.125. The molecule has 0 fully saturated rings. The maximum atomic E-state index is 12.1. The van der Waals surface area contributed by atoms with Gasteiger partial charge in [-0.15, -0.1) is 0 Å². The van der Waals surface area contributed by atoms with Crippen LogP contribution < -0.4 is 5.73 Å². The fourth-order valence-corrected chi connectivity index (χ4v) is 1.91. The van der Waals surface area contributed by atoms with Crippen molar-refractivity contribution in [3.05, 3.63) is 65.5 Å². The summed E-state index contributed by atoms with van der Waals surface area (Å²) in [7, 11) is 1.76. The van der Waals surface area contributed by atoms with E-state index in [0.29, 0.717) is 12.2 Å². The van der Waals surface area contributed by atoms with Crippen LogP contribution in [0.3, 0.4) is 0 Å². The Morgan fingerprint density at radius 3 is 2.62 bits per heavy atom. The predicted octanol–water partition coefficient (Wildman–Crippen LogP) is 2.64. The number of hydrogen-bond donors (Lipinski definition) is 1. The molecular weight excluding hydrogens is 262 g/mol. The van der Waals surface area contributed by atoms with Crippen LogP contribution in [0, 0.1) is 6.92 Å². The number of nitrogens with two attached hydrogens (primary N) is 1. The van der Waals surface area contributed by atoms with Crippen LogP contribution in [-0.2, 0) is 11.3 Å². The van der Waals surface area contributed by atoms with Gasteiger partial charge in [0.15, 0.2) is 0 Å². The third-order valence-electron chi connectivity index (χ3n) is 3.08. The van der Waals surface area contributed by atoms with Crippen LogP contribution in [0.25, 0.3) is 6.08 Å². The SMILES string of the molecule is Cc1cccc(CN(C)C(=O)/C=C/c2ccc(N)cc2)n1. The summed E-state index contributed by atoms with van der Waals surface area (Å²) in [5.41, 5.74) is 9.11. The summed E-state index contributed by atoms with van der Waals surface area (Å²) >= 11 is 0. The van der Waals surface area contributed by atoms with Crippen LogP contribution in [0.5, 0.6) is 0 Å². The van der Waals surface area contributed by atoms with Gasteiger partial charge in [-0.25, -0.2) is 0 Å². The molecule has 4 heteroatoms. The average molecular weight is 281 g/mol. The van der Waals surface area contributed by atoms with E-state index in [9.17, 15) is 4.79 Å². The first-order valence-corrected chi connectivity index (χ1v) is 6.76. The van der Waals surface area contributed by atoms with Gasteiger partial charge in [0.2, 0.25) is 5.91 Å². The molecule has 2 aromatic rings. The van der Waals surface area contributed by atoms with E-state index >= 15 is 0 Å². The van der Waals surface area contributed by atoms with Gasteiger partial charge in [-0.2, -0.15) is 0 Å². The van der Waals surface area contributed by atoms with E-state index in [4.69, 9.17) is 5.73 Å².